The highest BCUT2D eigenvalue weighted by molar-refractivity contribution is 7.14. The van der Waals surface area contributed by atoms with Crippen LogP contribution in [0.5, 0.6) is 0 Å². The Morgan fingerprint density at radius 2 is 1.84 bits per heavy atom. The standard InChI is InChI=1S/C17H13FN2O4S/c18-9-3-1-8(2-4-9)10-7-25-17(19-10)20-15(21)13-11-5-6-12(24-11)14(13)16(22)23/h1-7,11-14H,(H,22,23)(H,19,20,21)/p-1/t11-,12+,13-,14-/m0/s1. The normalized spacial score (nSPS) is 26.8. The number of rotatable bonds is 4. The molecule has 0 aliphatic carbocycles. The second kappa shape index (κ2) is 6.05. The molecule has 0 spiro atoms. The van der Waals surface area contributed by atoms with Gasteiger partial charge in [0.25, 0.3) is 0 Å². The van der Waals surface area contributed by atoms with Crippen molar-refractivity contribution in [3.63, 3.8) is 0 Å². The number of ether oxygens (including phenoxy) is 1. The highest BCUT2D eigenvalue weighted by Gasteiger charge is 2.50. The summed E-state index contributed by atoms with van der Waals surface area (Å²) in [7, 11) is 0. The number of carbonyl (C=O) groups excluding carboxylic acids is 2. The quantitative estimate of drug-likeness (QED) is 0.829. The molecule has 4 atom stereocenters. The lowest BCUT2D eigenvalue weighted by atomic mass is 9.82. The van der Waals surface area contributed by atoms with Gasteiger partial charge in [0.05, 0.1) is 23.8 Å². The van der Waals surface area contributed by atoms with E-state index < -0.39 is 35.9 Å². The van der Waals surface area contributed by atoms with Gasteiger partial charge in [-0.05, 0) is 24.3 Å². The van der Waals surface area contributed by atoms with Crippen LogP contribution in [-0.2, 0) is 14.3 Å². The van der Waals surface area contributed by atoms with Crippen LogP contribution in [0.1, 0.15) is 0 Å². The molecule has 2 aliphatic heterocycles. The molecule has 2 aliphatic rings. The zero-order valence-corrected chi connectivity index (χ0v) is 13.5. The van der Waals surface area contributed by atoms with Gasteiger partial charge in [0.2, 0.25) is 5.91 Å². The number of aromatic nitrogens is 1. The largest absolute Gasteiger partial charge is 0.550 e. The van der Waals surface area contributed by atoms with Crippen molar-refractivity contribution in [2.75, 3.05) is 5.32 Å². The van der Waals surface area contributed by atoms with E-state index in [4.69, 9.17) is 4.74 Å². The summed E-state index contributed by atoms with van der Waals surface area (Å²) in [5.74, 6) is -3.97. The zero-order chi connectivity index (χ0) is 17.6. The summed E-state index contributed by atoms with van der Waals surface area (Å²) in [6.45, 7) is 0. The van der Waals surface area contributed by atoms with E-state index in [2.05, 4.69) is 10.3 Å². The molecule has 1 saturated heterocycles. The Morgan fingerprint density at radius 1 is 1.16 bits per heavy atom. The van der Waals surface area contributed by atoms with Crippen LogP contribution in [0.4, 0.5) is 9.52 Å². The third kappa shape index (κ3) is 2.83. The SMILES string of the molecule is O=C(Nc1nc(-c2ccc(F)cc2)cs1)[C@@H]1[C@@H](C(=O)[O-])[C@H]2C=C[C@@H]1O2. The Hall–Kier alpha value is -2.58. The molecule has 25 heavy (non-hydrogen) atoms. The number of hydrogen-bond acceptors (Lipinski definition) is 6. The fourth-order valence-corrected chi connectivity index (χ4v) is 3.90. The van der Waals surface area contributed by atoms with Gasteiger partial charge < -0.3 is 20.0 Å². The maximum absolute atomic E-state index is 13.0. The van der Waals surface area contributed by atoms with Crippen molar-refractivity contribution in [3.8, 4) is 11.3 Å². The van der Waals surface area contributed by atoms with Gasteiger partial charge in [0.15, 0.2) is 5.13 Å². The zero-order valence-electron chi connectivity index (χ0n) is 12.7. The first-order chi connectivity index (χ1) is 12.0. The van der Waals surface area contributed by atoms with Crippen LogP contribution < -0.4 is 10.4 Å². The molecule has 1 fully saturated rings. The van der Waals surface area contributed by atoms with E-state index in [0.29, 0.717) is 10.8 Å². The Balaban J connectivity index is 1.51. The third-order valence-corrected chi connectivity index (χ3v) is 5.11. The van der Waals surface area contributed by atoms with Crippen molar-refractivity contribution in [2.45, 2.75) is 12.2 Å². The van der Waals surface area contributed by atoms with Crippen molar-refractivity contribution >= 4 is 28.3 Å². The number of carboxylic acids is 1. The Morgan fingerprint density at radius 3 is 2.52 bits per heavy atom. The summed E-state index contributed by atoms with van der Waals surface area (Å²) >= 11 is 1.21. The van der Waals surface area contributed by atoms with Crippen molar-refractivity contribution in [1.29, 1.82) is 0 Å². The molecule has 128 valence electrons. The molecule has 1 aromatic carbocycles. The third-order valence-electron chi connectivity index (χ3n) is 4.35. The predicted octanol–water partition coefficient (Wildman–Crippen LogP) is 1.21. The molecule has 1 N–H and O–H groups in total. The number of benzene rings is 1. The molecule has 0 saturated carbocycles. The molecule has 0 radical (unpaired) electrons. The molecular weight excluding hydrogens is 347 g/mol. The van der Waals surface area contributed by atoms with E-state index in [1.807, 2.05) is 0 Å². The average Bonchev–Trinajstić information content (AvgIpc) is 3.30. The van der Waals surface area contributed by atoms with Crippen LogP contribution >= 0.6 is 11.3 Å². The van der Waals surface area contributed by atoms with Gasteiger partial charge in [0.1, 0.15) is 5.82 Å². The number of aliphatic carboxylic acids is 1. The van der Waals surface area contributed by atoms with Gasteiger partial charge >= 0.3 is 0 Å². The average molecular weight is 359 g/mol. The van der Waals surface area contributed by atoms with Crippen LogP contribution in [0, 0.1) is 17.7 Å². The van der Waals surface area contributed by atoms with Gasteiger partial charge in [-0.2, -0.15) is 0 Å². The fraction of sp³-hybridized carbons (Fsp3) is 0.235. The van der Waals surface area contributed by atoms with Crippen molar-refractivity contribution < 1.29 is 23.8 Å². The molecule has 2 bridgehead atoms. The predicted molar refractivity (Wildman–Crippen MR) is 85.9 cm³/mol. The van der Waals surface area contributed by atoms with E-state index in [1.54, 1.807) is 29.7 Å². The maximum Gasteiger partial charge on any atom is 0.233 e. The van der Waals surface area contributed by atoms with Gasteiger partial charge in [-0.3, -0.25) is 4.79 Å². The number of carbonyl (C=O) groups is 2. The highest BCUT2D eigenvalue weighted by Crippen LogP contribution is 2.39. The van der Waals surface area contributed by atoms with Crippen LogP contribution in [0.2, 0.25) is 0 Å². The first-order valence-corrected chi connectivity index (χ1v) is 8.48. The Kier molecular flexibility index (Phi) is 3.85. The van der Waals surface area contributed by atoms with E-state index in [1.165, 1.54) is 23.5 Å². The first-order valence-electron chi connectivity index (χ1n) is 7.60. The Labute approximate surface area is 146 Å². The summed E-state index contributed by atoms with van der Waals surface area (Å²) in [6.07, 6.45) is 2.15. The highest BCUT2D eigenvalue weighted by atomic mass is 32.1. The number of anilines is 1. The molecule has 3 heterocycles. The van der Waals surface area contributed by atoms with Gasteiger partial charge in [-0.15, -0.1) is 11.3 Å². The number of amides is 1. The lowest BCUT2D eigenvalue weighted by Crippen LogP contribution is -2.45. The number of thiazole rings is 1. The number of fused-ring (bicyclic) bond motifs is 2. The monoisotopic (exact) mass is 359 g/mol. The lowest BCUT2D eigenvalue weighted by molar-refractivity contribution is -0.313. The summed E-state index contributed by atoms with van der Waals surface area (Å²) in [6, 6.07) is 5.85. The number of hydrogen-bond donors (Lipinski definition) is 1. The minimum Gasteiger partial charge on any atom is -0.550 e. The van der Waals surface area contributed by atoms with E-state index >= 15 is 0 Å². The summed E-state index contributed by atoms with van der Waals surface area (Å²) in [5.41, 5.74) is 1.32. The van der Waals surface area contributed by atoms with Gasteiger partial charge in [-0.1, -0.05) is 12.2 Å². The second-order valence-electron chi connectivity index (χ2n) is 5.85. The maximum atomic E-state index is 13.0. The number of carboxylic acid groups (broad SMARTS) is 1. The molecule has 6 nitrogen and oxygen atoms in total. The summed E-state index contributed by atoms with van der Waals surface area (Å²) in [4.78, 5) is 28.1. The summed E-state index contributed by atoms with van der Waals surface area (Å²) in [5, 5.41) is 16.0. The van der Waals surface area contributed by atoms with E-state index in [-0.39, 0.29) is 5.82 Å². The minimum atomic E-state index is -1.30. The Bertz CT molecular complexity index is 864. The second-order valence-corrected chi connectivity index (χ2v) is 6.71. The molecule has 0 unspecified atom stereocenters. The van der Waals surface area contributed by atoms with E-state index in [9.17, 15) is 19.1 Å². The van der Waals surface area contributed by atoms with Crippen LogP contribution in [0.25, 0.3) is 11.3 Å². The minimum absolute atomic E-state index is 0.341. The van der Waals surface area contributed by atoms with Crippen LogP contribution in [0.3, 0.4) is 0 Å². The molecular formula is C17H12FN2O4S-. The molecule has 1 aromatic heterocycles. The molecule has 8 heteroatoms. The summed E-state index contributed by atoms with van der Waals surface area (Å²) < 4.78 is 18.4. The molecule has 2 aromatic rings. The van der Waals surface area contributed by atoms with Crippen molar-refractivity contribution in [3.05, 3.63) is 47.6 Å². The van der Waals surface area contributed by atoms with Crippen molar-refractivity contribution in [2.24, 2.45) is 11.8 Å². The van der Waals surface area contributed by atoms with Gasteiger partial charge in [-0.25, -0.2) is 9.37 Å². The van der Waals surface area contributed by atoms with Crippen LogP contribution in [0.15, 0.2) is 41.8 Å². The number of halogens is 1. The molecule has 1 amide bonds. The van der Waals surface area contributed by atoms with Crippen molar-refractivity contribution in [1.82, 2.24) is 4.98 Å². The van der Waals surface area contributed by atoms with Crippen LogP contribution in [-0.4, -0.2) is 29.1 Å². The fourth-order valence-electron chi connectivity index (χ4n) is 3.17. The topological polar surface area (TPSA) is 91.4 Å². The lowest BCUT2D eigenvalue weighted by Gasteiger charge is -2.24. The number of nitrogens with zero attached hydrogens (tertiary/aromatic N) is 1. The molecule has 4 rings (SSSR count). The number of nitrogens with one attached hydrogen (secondary N) is 1. The van der Waals surface area contributed by atoms with E-state index in [0.717, 1.165) is 5.56 Å². The smallest absolute Gasteiger partial charge is 0.233 e. The van der Waals surface area contributed by atoms with Gasteiger partial charge in [0, 0.05) is 22.8 Å². The first kappa shape index (κ1) is 15.9.